The zero-order valence-corrected chi connectivity index (χ0v) is 9.24. The molecule has 0 atom stereocenters. The molecule has 0 spiro atoms. The monoisotopic (exact) mass is 199 g/mol. The molecule has 0 radical (unpaired) electrons. The molecule has 2 fully saturated rings. The Morgan fingerprint density at radius 3 is 2.46 bits per heavy atom. The molecule has 1 saturated carbocycles. The fourth-order valence-electron chi connectivity index (χ4n) is 2.17. The summed E-state index contributed by atoms with van der Waals surface area (Å²) in [6.45, 7) is 1.28. The van der Waals surface area contributed by atoms with Crippen molar-refractivity contribution in [2.75, 3.05) is 18.1 Å². The average Bonchev–Trinajstić information content (AvgIpc) is 2.11. The quantitative estimate of drug-likeness (QED) is 0.747. The Balaban J connectivity index is 1.50. The van der Waals surface area contributed by atoms with Gasteiger partial charge in [-0.2, -0.15) is 11.8 Å². The molecule has 1 saturated heterocycles. The van der Waals surface area contributed by atoms with E-state index in [2.05, 4.69) is 17.1 Å². The molecular formula is C11H21NS. The van der Waals surface area contributed by atoms with Crippen LogP contribution in [0.25, 0.3) is 0 Å². The van der Waals surface area contributed by atoms with Gasteiger partial charge in [0.1, 0.15) is 0 Å². The fourth-order valence-corrected chi connectivity index (χ4v) is 3.28. The van der Waals surface area contributed by atoms with Crippen molar-refractivity contribution in [1.29, 1.82) is 0 Å². The van der Waals surface area contributed by atoms with E-state index in [0.29, 0.717) is 0 Å². The molecule has 1 aliphatic carbocycles. The Morgan fingerprint density at radius 1 is 1.08 bits per heavy atom. The van der Waals surface area contributed by atoms with Crippen LogP contribution < -0.4 is 5.32 Å². The van der Waals surface area contributed by atoms with Gasteiger partial charge >= 0.3 is 0 Å². The minimum absolute atomic E-state index is 0.848. The molecule has 1 N–H and O–H groups in total. The minimum Gasteiger partial charge on any atom is -0.314 e. The molecule has 2 heteroatoms. The van der Waals surface area contributed by atoms with Crippen molar-refractivity contribution in [2.24, 2.45) is 5.92 Å². The Hall–Kier alpha value is 0.310. The van der Waals surface area contributed by atoms with E-state index >= 15 is 0 Å². The van der Waals surface area contributed by atoms with Crippen molar-refractivity contribution in [3.05, 3.63) is 0 Å². The third-order valence-electron chi connectivity index (χ3n) is 3.43. The lowest BCUT2D eigenvalue weighted by Crippen LogP contribution is -2.34. The topological polar surface area (TPSA) is 12.0 Å². The number of hydrogen-bond donors (Lipinski definition) is 1. The van der Waals surface area contributed by atoms with Gasteiger partial charge in [0.15, 0.2) is 0 Å². The zero-order valence-electron chi connectivity index (χ0n) is 8.43. The molecule has 2 aliphatic rings. The predicted octanol–water partition coefficient (Wildman–Crippen LogP) is 2.66. The maximum absolute atomic E-state index is 3.71. The molecule has 2 rings (SSSR count). The minimum atomic E-state index is 0.848. The van der Waals surface area contributed by atoms with Gasteiger partial charge in [-0.15, -0.1) is 0 Å². The summed E-state index contributed by atoms with van der Waals surface area (Å²) in [5.74, 6) is 3.83. The Kier molecular flexibility index (Phi) is 3.98. The molecule has 0 aromatic heterocycles. The van der Waals surface area contributed by atoms with Crippen LogP contribution in [0.4, 0.5) is 0 Å². The van der Waals surface area contributed by atoms with Crippen LogP contribution in [0.15, 0.2) is 0 Å². The molecule has 1 aliphatic heterocycles. The van der Waals surface area contributed by atoms with Crippen LogP contribution in [-0.4, -0.2) is 24.1 Å². The number of rotatable bonds is 4. The van der Waals surface area contributed by atoms with E-state index in [1.807, 2.05) is 0 Å². The molecule has 0 aromatic rings. The van der Waals surface area contributed by atoms with E-state index in [0.717, 1.165) is 12.0 Å². The first kappa shape index (κ1) is 9.85. The van der Waals surface area contributed by atoms with Gasteiger partial charge in [-0.3, -0.25) is 0 Å². The van der Waals surface area contributed by atoms with Gasteiger partial charge in [-0.25, -0.2) is 0 Å². The largest absolute Gasteiger partial charge is 0.314 e. The summed E-state index contributed by atoms with van der Waals surface area (Å²) in [5, 5.41) is 3.71. The van der Waals surface area contributed by atoms with Crippen molar-refractivity contribution in [2.45, 2.75) is 44.6 Å². The molecule has 0 aromatic carbocycles. The lowest BCUT2D eigenvalue weighted by atomic mass is 9.83. The van der Waals surface area contributed by atoms with E-state index in [9.17, 15) is 0 Å². The second-order valence-electron chi connectivity index (χ2n) is 4.43. The van der Waals surface area contributed by atoms with Crippen molar-refractivity contribution in [1.82, 2.24) is 5.32 Å². The first-order chi connectivity index (χ1) is 6.45. The summed E-state index contributed by atoms with van der Waals surface area (Å²) in [6, 6.07) is 0.848. The van der Waals surface area contributed by atoms with E-state index in [-0.39, 0.29) is 0 Å². The molecule has 1 heterocycles. The number of hydrogen-bond acceptors (Lipinski definition) is 2. The van der Waals surface area contributed by atoms with E-state index < -0.39 is 0 Å². The highest BCUT2D eigenvalue weighted by atomic mass is 32.2. The molecule has 0 amide bonds. The second-order valence-corrected chi connectivity index (χ2v) is 5.65. The van der Waals surface area contributed by atoms with Gasteiger partial charge in [-0.1, -0.05) is 19.3 Å². The van der Waals surface area contributed by atoms with Crippen LogP contribution in [0.2, 0.25) is 0 Å². The summed E-state index contributed by atoms with van der Waals surface area (Å²) < 4.78 is 0. The molecule has 1 nitrogen and oxygen atoms in total. The highest BCUT2D eigenvalue weighted by Gasteiger charge is 2.18. The molecular weight excluding hydrogens is 178 g/mol. The highest BCUT2D eigenvalue weighted by molar-refractivity contribution is 7.99. The highest BCUT2D eigenvalue weighted by Crippen LogP contribution is 2.28. The first-order valence-electron chi connectivity index (χ1n) is 5.76. The lowest BCUT2D eigenvalue weighted by molar-refractivity contribution is 0.286. The first-order valence-corrected chi connectivity index (χ1v) is 6.92. The Morgan fingerprint density at radius 2 is 1.85 bits per heavy atom. The maximum Gasteiger partial charge on any atom is 0.00827 e. The van der Waals surface area contributed by atoms with Crippen LogP contribution >= 0.6 is 11.8 Å². The van der Waals surface area contributed by atoms with Crippen molar-refractivity contribution in [3.63, 3.8) is 0 Å². The van der Waals surface area contributed by atoms with Gasteiger partial charge in [0.05, 0.1) is 0 Å². The Labute approximate surface area is 86.0 Å². The van der Waals surface area contributed by atoms with Crippen LogP contribution in [-0.2, 0) is 0 Å². The maximum atomic E-state index is 3.71. The second kappa shape index (κ2) is 5.26. The van der Waals surface area contributed by atoms with Crippen LogP contribution in [0.5, 0.6) is 0 Å². The summed E-state index contributed by atoms with van der Waals surface area (Å²) in [6.07, 6.45) is 8.73. The number of thioether (sulfide) groups is 1. The van der Waals surface area contributed by atoms with Crippen molar-refractivity contribution < 1.29 is 0 Å². The van der Waals surface area contributed by atoms with E-state index in [4.69, 9.17) is 0 Å². The summed E-state index contributed by atoms with van der Waals surface area (Å²) in [5.41, 5.74) is 0. The van der Waals surface area contributed by atoms with Crippen molar-refractivity contribution in [3.8, 4) is 0 Å². The summed E-state index contributed by atoms with van der Waals surface area (Å²) >= 11 is 2.11. The third-order valence-corrected chi connectivity index (χ3v) is 4.48. The summed E-state index contributed by atoms with van der Waals surface area (Å²) in [7, 11) is 0. The average molecular weight is 199 g/mol. The van der Waals surface area contributed by atoms with Gasteiger partial charge in [0.2, 0.25) is 0 Å². The van der Waals surface area contributed by atoms with Crippen molar-refractivity contribution >= 4 is 11.8 Å². The van der Waals surface area contributed by atoms with E-state index in [1.54, 1.807) is 0 Å². The summed E-state index contributed by atoms with van der Waals surface area (Å²) in [4.78, 5) is 0. The molecule has 76 valence electrons. The standard InChI is InChI=1S/C11H21NS/c1-2-10(3-1)4-7-12-11-5-8-13-9-6-11/h10-12H,1-9H2. The fraction of sp³-hybridized carbons (Fsp3) is 1.00. The van der Waals surface area contributed by atoms with Crippen LogP contribution in [0.1, 0.15) is 38.5 Å². The lowest BCUT2D eigenvalue weighted by Gasteiger charge is -2.27. The van der Waals surface area contributed by atoms with Crippen LogP contribution in [0, 0.1) is 5.92 Å². The van der Waals surface area contributed by atoms with Gasteiger partial charge in [0, 0.05) is 6.04 Å². The SMILES string of the molecule is C1CC(CCNC2CCSCC2)C1. The molecule has 0 bridgehead atoms. The van der Waals surface area contributed by atoms with Crippen LogP contribution in [0.3, 0.4) is 0 Å². The predicted molar refractivity (Wildman–Crippen MR) is 60.3 cm³/mol. The van der Waals surface area contributed by atoms with Gasteiger partial charge in [-0.05, 0) is 43.2 Å². The van der Waals surface area contributed by atoms with E-state index in [1.165, 1.54) is 56.6 Å². The molecule has 0 unspecified atom stereocenters. The number of nitrogens with one attached hydrogen (secondary N) is 1. The van der Waals surface area contributed by atoms with Gasteiger partial charge < -0.3 is 5.32 Å². The molecule has 13 heavy (non-hydrogen) atoms. The zero-order chi connectivity index (χ0) is 8.93. The smallest absolute Gasteiger partial charge is 0.00827 e. The van der Waals surface area contributed by atoms with Gasteiger partial charge in [0.25, 0.3) is 0 Å². The Bertz CT molecular complexity index is 139. The third kappa shape index (κ3) is 3.17. The normalized spacial score (nSPS) is 25.8.